The molecule has 2 aromatic heterocycles. The van der Waals surface area contributed by atoms with E-state index in [4.69, 9.17) is 11.2 Å². The molecule has 1 aromatic carbocycles. The Hall–Kier alpha value is -3.86. The fourth-order valence-electron chi connectivity index (χ4n) is 4.94. The van der Waals surface area contributed by atoms with Crippen molar-refractivity contribution < 1.29 is 9.53 Å². The Morgan fingerprint density at radius 2 is 1.89 bits per heavy atom. The molecule has 8 heteroatoms. The van der Waals surface area contributed by atoms with E-state index in [9.17, 15) is 4.79 Å². The number of piperidine rings is 1. The maximum atomic E-state index is 13.4. The number of ether oxygens (including phenoxy) is 1. The topological polar surface area (TPSA) is 85.2 Å². The minimum atomic E-state index is -0.328. The zero-order valence-corrected chi connectivity index (χ0v) is 22.8. The molecule has 1 saturated heterocycles. The molecule has 1 fully saturated rings. The Morgan fingerprint density at radius 3 is 2.51 bits per heavy atom. The molecule has 2 unspecified atom stereocenters. The van der Waals surface area contributed by atoms with Crippen molar-refractivity contribution in [3.05, 3.63) is 53.0 Å². The number of hydrogen-bond donors (Lipinski definition) is 1. The summed E-state index contributed by atoms with van der Waals surface area (Å²) in [6.45, 7) is 12.6. The molecule has 4 rings (SSSR count). The number of pyridine rings is 1. The minimum absolute atomic E-state index is 0.195. The van der Waals surface area contributed by atoms with Gasteiger partial charge in [-0.3, -0.25) is 9.78 Å². The van der Waals surface area contributed by atoms with Crippen molar-refractivity contribution in [1.29, 1.82) is 0 Å². The summed E-state index contributed by atoms with van der Waals surface area (Å²) in [5.41, 5.74) is 3.72. The predicted molar refractivity (Wildman–Crippen MR) is 147 cm³/mol. The molecule has 8 nitrogen and oxygen atoms in total. The van der Waals surface area contributed by atoms with Crippen LogP contribution in [0.2, 0.25) is 0 Å². The van der Waals surface area contributed by atoms with Crippen LogP contribution < -0.4 is 15.0 Å². The molecule has 37 heavy (non-hydrogen) atoms. The summed E-state index contributed by atoms with van der Waals surface area (Å²) in [6, 6.07) is 6.40. The van der Waals surface area contributed by atoms with E-state index in [0.29, 0.717) is 34.6 Å². The van der Waals surface area contributed by atoms with Gasteiger partial charge in [-0.15, -0.1) is 11.5 Å². The number of hydrogen-bond acceptors (Lipinski definition) is 6. The number of carbonyl (C=O) groups is 1. The molecule has 1 aliphatic rings. The molecule has 2 atom stereocenters. The summed E-state index contributed by atoms with van der Waals surface area (Å²) >= 11 is 0. The molecule has 1 N–H and O–H groups in total. The molecule has 1 aliphatic heterocycles. The molecule has 3 heterocycles. The number of terminal acetylenes is 1. The van der Waals surface area contributed by atoms with E-state index in [-0.39, 0.29) is 11.3 Å². The van der Waals surface area contributed by atoms with Crippen molar-refractivity contribution in [3.63, 3.8) is 0 Å². The summed E-state index contributed by atoms with van der Waals surface area (Å²) in [5, 5.41) is 11.8. The Kier molecular flexibility index (Phi) is 7.26. The second-order valence-electron chi connectivity index (χ2n) is 10.8. The summed E-state index contributed by atoms with van der Waals surface area (Å²) in [5.74, 6) is 3.54. The Morgan fingerprint density at radius 1 is 1.19 bits per heavy atom. The lowest BCUT2D eigenvalue weighted by molar-refractivity contribution is 0.102. The lowest BCUT2D eigenvalue weighted by Crippen LogP contribution is -2.44. The first-order valence-corrected chi connectivity index (χ1v) is 12.7. The molecule has 0 radical (unpaired) electrons. The highest BCUT2D eigenvalue weighted by Crippen LogP contribution is 2.32. The number of benzene rings is 1. The highest BCUT2D eigenvalue weighted by molar-refractivity contribution is 6.07. The SMILES string of the molecule is C#Cc1cc(C(C)(C)C)cc(C(=O)Nc2cnc(C)c(-n3cc(N4C(C)CCCC4C)nn3)c2)c1OC. The number of nitrogens with one attached hydrogen (secondary N) is 1. The van der Waals surface area contributed by atoms with Crippen LogP contribution in [0.3, 0.4) is 0 Å². The molecule has 0 aliphatic carbocycles. The van der Waals surface area contributed by atoms with Gasteiger partial charge in [0.1, 0.15) is 5.75 Å². The number of aromatic nitrogens is 4. The van der Waals surface area contributed by atoms with Gasteiger partial charge in [-0.2, -0.15) is 0 Å². The van der Waals surface area contributed by atoms with E-state index in [2.05, 4.69) is 66.1 Å². The van der Waals surface area contributed by atoms with Gasteiger partial charge < -0.3 is 15.0 Å². The van der Waals surface area contributed by atoms with E-state index in [1.807, 2.05) is 31.3 Å². The van der Waals surface area contributed by atoms with Gasteiger partial charge in [0.2, 0.25) is 0 Å². The summed E-state index contributed by atoms with van der Waals surface area (Å²) in [7, 11) is 1.52. The van der Waals surface area contributed by atoms with Gasteiger partial charge in [0, 0.05) is 12.1 Å². The number of nitrogens with zero attached hydrogens (tertiary/aromatic N) is 5. The fraction of sp³-hybridized carbons (Fsp3) is 0.448. The number of aryl methyl sites for hydroxylation is 1. The summed E-state index contributed by atoms with van der Waals surface area (Å²) in [4.78, 5) is 20.3. The fourth-order valence-corrected chi connectivity index (χ4v) is 4.94. The van der Waals surface area contributed by atoms with Gasteiger partial charge in [-0.1, -0.05) is 31.9 Å². The smallest absolute Gasteiger partial charge is 0.259 e. The summed E-state index contributed by atoms with van der Waals surface area (Å²) in [6.07, 6.45) is 12.8. The molecular formula is C29H36N6O2. The lowest BCUT2D eigenvalue weighted by atomic mass is 9.84. The minimum Gasteiger partial charge on any atom is -0.495 e. The van der Waals surface area contributed by atoms with Crippen LogP contribution >= 0.6 is 0 Å². The van der Waals surface area contributed by atoms with Crippen molar-refractivity contribution in [2.75, 3.05) is 17.3 Å². The van der Waals surface area contributed by atoms with E-state index in [0.717, 1.165) is 35.6 Å². The molecule has 3 aromatic rings. The highest BCUT2D eigenvalue weighted by Gasteiger charge is 2.27. The maximum absolute atomic E-state index is 13.4. The van der Waals surface area contributed by atoms with Crippen LogP contribution in [0.5, 0.6) is 5.75 Å². The van der Waals surface area contributed by atoms with Gasteiger partial charge in [0.15, 0.2) is 5.82 Å². The third kappa shape index (κ3) is 5.31. The Bertz CT molecular complexity index is 1340. The first kappa shape index (κ1) is 26.2. The van der Waals surface area contributed by atoms with Crippen molar-refractivity contribution in [1.82, 2.24) is 20.0 Å². The average molecular weight is 501 g/mol. The molecule has 1 amide bonds. The predicted octanol–water partition coefficient (Wildman–Crippen LogP) is 5.28. The van der Waals surface area contributed by atoms with Gasteiger partial charge in [0.05, 0.1) is 47.7 Å². The largest absolute Gasteiger partial charge is 0.495 e. The average Bonchev–Trinajstić information content (AvgIpc) is 3.33. The summed E-state index contributed by atoms with van der Waals surface area (Å²) < 4.78 is 7.26. The van der Waals surface area contributed by atoms with Crippen LogP contribution in [0.15, 0.2) is 30.6 Å². The zero-order chi connectivity index (χ0) is 26.9. The van der Waals surface area contributed by atoms with Gasteiger partial charge in [-0.05, 0) is 69.2 Å². The second-order valence-corrected chi connectivity index (χ2v) is 10.8. The van der Waals surface area contributed by atoms with Crippen LogP contribution in [0, 0.1) is 19.3 Å². The van der Waals surface area contributed by atoms with Crippen molar-refractivity contribution in [2.45, 2.75) is 78.3 Å². The molecular weight excluding hydrogens is 464 g/mol. The lowest BCUT2D eigenvalue weighted by Gasteiger charge is -2.38. The van der Waals surface area contributed by atoms with Gasteiger partial charge in [-0.25, -0.2) is 4.68 Å². The van der Waals surface area contributed by atoms with Crippen LogP contribution in [0.1, 0.15) is 81.1 Å². The number of methoxy groups -OCH3 is 1. The number of carbonyl (C=O) groups excluding carboxylic acids is 1. The second kappa shape index (κ2) is 10.3. The van der Waals surface area contributed by atoms with E-state index in [1.54, 1.807) is 10.9 Å². The quantitative estimate of drug-likeness (QED) is 0.480. The first-order valence-electron chi connectivity index (χ1n) is 12.7. The van der Waals surface area contributed by atoms with Gasteiger partial charge >= 0.3 is 0 Å². The van der Waals surface area contributed by atoms with Crippen LogP contribution in [0.4, 0.5) is 11.5 Å². The normalized spacial score (nSPS) is 17.8. The van der Waals surface area contributed by atoms with E-state index < -0.39 is 0 Å². The number of amides is 1. The number of anilines is 2. The van der Waals surface area contributed by atoms with Crippen molar-refractivity contribution in [3.8, 4) is 23.8 Å². The highest BCUT2D eigenvalue weighted by atomic mass is 16.5. The van der Waals surface area contributed by atoms with E-state index in [1.165, 1.54) is 13.5 Å². The molecule has 0 bridgehead atoms. The molecule has 0 saturated carbocycles. The molecule has 0 spiro atoms. The Labute approximate surface area is 219 Å². The van der Waals surface area contributed by atoms with Crippen molar-refractivity contribution >= 4 is 17.4 Å². The number of rotatable bonds is 5. The van der Waals surface area contributed by atoms with E-state index >= 15 is 0 Å². The monoisotopic (exact) mass is 500 g/mol. The van der Waals surface area contributed by atoms with Crippen LogP contribution in [-0.4, -0.2) is 45.1 Å². The maximum Gasteiger partial charge on any atom is 0.259 e. The molecule has 194 valence electrons. The van der Waals surface area contributed by atoms with Gasteiger partial charge in [0.25, 0.3) is 5.91 Å². The van der Waals surface area contributed by atoms with Crippen LogP contribution in [-0.2, 0) is 5.41 Å². The third-order valence-corrected chi connectivity index (χ3v) is 7.06. The standard InChI is InChI=1S/C29H36N6O2/c1-9-21-13-22(29(5,6)7)14-24(27(21)37-8)28(36)31-23-15-25(20(4)30-16-23)34-17-26(32-33-34)35-18(2)11-10-12-19(35)3/h1,13-19H,10-12H2,2-8H3,(H,31,36). The third-order valence-electron chi connectivity index (χ3n) is 7.06. The zero-order valence-electron chi connectivity index (χ0n) is 22.8. The first-order chi connectivity index (χ1) is 17.5. The van der Waals surface area contributed by atoms with Crippen molar-refractivity contribution in [2.24, 2.45) is 0 Å². The van der Waals surface area contributed by atoms with Crippen LogP contribution in [0.25, 0.3) is 5.69 Å². The Balaban J connectivity index is 1.65.